The summed E-state index contributed by atoms with van der Waals surface area (Å²) < 4.78 is 5.22. The van der Waals surface area contributed by atoms with Crippen molar-refractivity contribution in [2.24, 2.45) is 5.73 Å². The molecule has 2 N–H and O–H groups in total. The van der Waals surface area contributed by atoms with Crippen LogP contribution in [0.3, 0.4) is 0 Å². The number of nitrogens with zero attached hydrogens (tertiary/aromatic N) is 3. The van der Waals surface area contributed by atoms with Gasteiger partial charge in [0.15, 0.2) is 0 Å². The Balaban J connectivity index is 0.00000208. The van der Waals surface area contributed by atoms with Gasteiger partial charge in [0, 0.05) is 42.6 Å². The van der Waals surface area contributed by atoms with Gasteiger partial charge in [0.25, 0.3) is 0 Å². The minimum atomic E-state index is 0. The van der Waals surface area contributed by atoms with Gasteiger partial charge in [-0.1, -0.05) is 16.8 Å². The molecule has 6 nitrogen and oxygen atoms in total. The first-order valence-corrected chi connectivity index (χ1v) is 8.11. The summed E-state index contributed by atoms with van der Waals surface area (Å²) in [6.07, 6.45) is 2.74. The van der Waals surface area contributed by atoms with Crippen molar-refractivity contribution in [1.29, 1.82) is 0 Å². The normalized spacial score (nSPS) is 17.4. The third-order valence-corrected chi connectivity index (χ3v) is 4.19. The predicted octanol–water partition coefficient (Wildman–Crippen LogP) is 2.69. The van der Waals surface area contributed by atoms with Gasteiger partial charge < -0.3 is 15.2 Å². The van der Waals surface area contributed by atoms with Crippen LogP contribution in [0.2, 0.25) is 5.02 Å². The molecule has 1 unspecified atom stereocenters. The number of amides is 1. The standard InChI is InChI=1S/C16H19ClN4O2.ClH/c17-12-5-3-11(4-6-12)16-19-14(23-20-16)7-8-15(22)21-9-1-2-13(18)10-21;/h3-6,13H,1-2,7-10,18H2;1H. The van der Waals surface area contributed by atoms with E-state index in [0.717, 1.165) is 24.9 Å². The van der Waals surface area contributed by atoms with Crippen molar-refractivity contribution in [3.8, 4) is 11.4 Å². The predicted molar refractivity (Wildman–Crippen MR) is 94.1 cm³/mol. The zero-order chi connectivity index (χ0) is 16.2. The van der Waals surface area contributed by atoms with E-state index in [0.29, 0.717) is 36.1 Å². The van der Waals surface area contributed by atoms with Gasteiger partial charge in [0.1, 0.15) is 0 Å². The lowest BCUT2D eigenvalue weighted by molar-refractivity contribution is -0.132. The van der Waals surface area contributed by atoms with Crippen LogP contribution in [0.4, 0.5) is 0 Å². The molecule has 8 heteroatoms. The number of likely N-dealkylation sites (tertiary alicyclic amines) is 1. The van der Waals surface area contributed by atoms with Crippen molar-refractivity contribution in [3.63, 3.8) is 0 Å². The van der Waals surface area contributed by atoms with Crippen LogP contribution in [0.15, 0.2) is 28.8 Å². The van der Waals surface area contributed by atoms with Crippen LogP contribution in [-0.2, 0) is 11.2 Å². The molecule has 1 aliphatic heterocycles. The molecule has 3 rings (SSSR count). The number of benzene rings is 1. The average Bonchev–Trinajstić information content (AvgIpc) is 3.02. The molecule has 0 spiro atoms. The van der Waals surface area contributed by atoms with E-state index in [1.807, 2.05) is 17.0 Å². The van der Waals surface area contributed by atoms with E-state index in [1.54, 1.807) is 12.1 Å². The number of hydrogen-bond acceptors (Lipinski definition) is 5. The third-order valence-electron chi connectivity index (χ3n) is 3.93. The summed E-state index contributed by atoms with van der Waals surface area (Å²) in [7, 11) is 0. The molecule has 1 amide bonds. The van der Waals surface area contributed by atoms with Crippen molar-refractivity contribution in [2.45, 2.75) is 31.7 Å². The summed E-state index contributed by atoms with van der Waals surface area (Å²) in [5.74, 6) is 1.06. The summed E-state index contributed by atoms with van der Waals surface area (Å²) in [5, 5.41) is 4.60. The molecule has 0 saturated carbocycles. The molecule has 24 heavy (non-hydrogen) atoms. The van der Waals surface area contributed by atoms with Crippen LogP contribution in [0.5, 0.6) is 0 Å². The molecule has 2 aromatic rings. The second kappa shape index (κ2) is 8.46. The summed E-state index contributed by atoms with van der Waals surface area (Å²) in [6, 6.07) is 7.30. The van der Waals surface area contributed by atoms with Crippen LogP contribution < -0.4 is 5.73 Å². The number of piperidine rings is 1. The van der Waals surface area contributed by atoms with Crippen molar-refractivity contribution < 1.29 is 9.32 Å². The van der Waals surface area contributed by atoms with Gasteiger partial charge in [0.05, 0.1) is 0 Å². The highest BCUT2D eigenvalue weighted by molar-refractivity contribution is 6.30. The lowest BCUT2D eigenvalue weighted by Crippen LogP contribution is -2.45. The van der Waals surface area contributed by atoms with Gasteiger partial charge in [-0.15, -0.1) is 12.4 Å². The Morgan fingerprint density at radius 3 is 2.83 bits per heavy atom. The molecule has 1 aromatic heterocycles. The first-order chi connectivity index (χ1) is 11.1. The highest BCUT2D eigenvalue weighted by atomic mass is 35.5. The van der Waals surface area contributed by atoms with Crippen molar-refractivity contribution in [1.82, 2.24) is 15.0 Å². The number of rotatable bonds is 4. The smallest absolute Gasteiger partial charge is 0.227 e. The van der Waals surface area contributed by atoms with Crippen LogP contribution in [0, 0.1) is 0 Å². The highest BCUT2D eigenvalue weighted by Gasteiger charge is 2.21. The average molecular weight is 371 g/mol. The number of aromatic nitrogens is 2. The number of carbonyl (C=O) groups is 1. The molecule has 1 aromatic carbocycles. The summed E-state index contributed by atoms with van der Waals surface area (Å²) >= 11 is 5.86. The molecular formula is C16H20Cl2N4O2. The quantitative estimate of drug-likeness (QED) is 0.893. The topological polar surface area (TPSA) is 85.2 Å². The molecule has 0 radical (unpaired) electrons. The SMILES string of the molecule is Cl.NC1CCCN(C(=O)CCc2nc(-c3ccc(Cl)cc3)no2)C1. The van der Waals surface area contributed by atoms with E-state index >= 15 is 0 Å². The molecule has 1 saturated heterocycles. The van der Waals surface area contributed by atoms with Crippen molar-refractivity contribution in [2.75, 3.05) is 13.1 Å². The Hall–Kier alpha value is -1.63. The van der Waals surface area contributed by atoms with Crippen LogP contribution in [-0.4, -0.2) is 40.1 Å². The minimum absolute atomic E-state index is 0. The number of hydrogen-bond donors (Lipinski definition) is 1. The van der Waals surface area contributed by atoms with Crippen molar-refractivity contribution >= 4 is 29.9 Å². The van der Waals surface area contributed by atoms with Gasteiger partial charge >= 0.3 is 0 Å². The van der Waals surface area contributed by atoms with Crippen LogP contribution in [0.25, 0.3) is 11.4 Å². The first kappa shape index (κ1) is 18.7. The lowest BCUT2D eigenvalue weighted by atomic mass is 10.1. The molecule has 130 valence electrons. The van der Waals surface area contributed by atoms with E-state index in [-0.39, 0.29) is 24.4 Å². The lowest BCUT2D eigenvalue weighted by Gasteiger charge is -2.30. The Bertz CT molecular complexity index is 675. The van der Waals surface area contributed by atoms with E-state index in [2.05, 4.69) is 10.1 Å². The third kappa shape index (κ3) is 4.69. The van der Waals surface area contributed by atoms with Gasteiger partial charge in [0.2, 0.25) is 17.6 Å². The first-order valence-electron chi connectivity index (χ1n) is 7.73. The summed E-state index contributed by atoms with van der Waals surface area (Å²) in [4.78, 5) is 18.3. The van der Waals surface area contributed by atoms with Gasteiger partial charge in [-0.2, -0.15) is 4.98 Å². The maximum atomic E-state index is 12.2. The van der Waals surface area contributed by atoms with Gasteiger partial charge in [-0.05, 0) is 37.1 Å². The number of halogens is 2. The molecule has 1 aliphatic rings. The fourth-order valence-electron chi connectivity index (χ4n) is 2.68. The zero-order valence-electron chi connectivity index (χ0n) is 13.2. The summed E-state index contributed by atoms with van der Waals surface area (Å²) in [5.41, 5.74) is 6.74. The number of carbonyl (C=O) groups excluding carboxylic acids is 1. The molecule has 0 bridgehead atoms. The molecular weight excluding hydrogens is 351 g/mol. The Morgan fingerprint density at radius 2 is 2.12 bits per heavy atom. The number of nitrogens with two attached hydrogens (primary N) is 1. The Morgan fingerprint density at radius 1 is 1.38 bits per heavy atom. The molecule has 0 aliphatic carbocycles. The zero-order valence-corrected chi connectivity index (χ0v) is 14.7. The molecule has 2 heterocycles. The van der Waals surface area contributed by atoms with Crippen LogP contribution >= 0.6 is 24.0 Å². The maximum Gasteiger partial charge on any atom is 0.227 e. The van der Waals surface area contributed by atoms with Crippen molar-refractivity contribution in [3.05, 3.63) is 35.2 Å². The fourth-order valence-corrected chi connectivity index (χ4v) is 2.81. The van der Waals surface area contributed by atoms with Gasteiger partial charge in [-0.25, -0.2) is 0 Å². The van der Waals surface area contributed by atoms with E-state index in [4.69, 9.17) is 21.9 Å². The maximum absolute atomic E-state index is 12.2. The van der Waals surface area contributed by atoms with E-state index in [9.17, 15) is 4.79 Å². The molecule has 1 fully saturated rings. The van der Waals surface area contributed by atoms with E-state index < -0.39 is 0 Å². The number of aryl methyl sites for hydroxylation is 1. The summed E-state index contributed by atoms with van der Waals surface area (Å²) in [6.45, 7) is 1.42. The second-order valence-electron chi connectivity index (χ2n) is 5.76. The van der Waals surface area contributed by atoms with Gasteiger partial charge in [-0.3, -0.25) is 4.79 Å². The largest absolute Gasteiger partial charge is 0.341 e. The highest BCUT2D eigenvalue weighted by Crippen LogP contribution is 2.19. The Labute approximate surface area is 151 Å². The molecule has 1 atom stereocenters. The van der Waals surface area contributed by atoms with E-state index in [1.165, 1.54) is 0 Å². The second-order valence-corrected chi connectivity index (χ2v) is 6.20. The minimum Gasteiger partial charge on any atom is -0.341 e. The van der Waals surface area contributed by atoms with Crippen LogP contribution in [0.1, 0.15) is 25.2 Å². The fraction of sp³-hybridized carbons (Fsp3) is 0.438. The monoisotopic (exact) mass is 370 g/mol. The Kier molecular flexibility index (Phi) is 6.60.